The maximum atomic E-state index is 13.7. The summed E-state index contributed by atoms with van der Waals surface area (Å²) in [6.07, 6.45) is 5.53. The van der Waals surface area contributed by atoms with Gasteiger partial charge in [0.05, 0.1) is 5.52 Å². The van der Waals surface area contributed by atoms with Gasteiger partial charge in [-0.15, -0.1) is 0 Å². The lowest BCUT2D eigenvalue weighted by molar-refractivity contribution is 0.216. The Bertz CT molecular complexity index is 1360. The molecule has 0 spiro atoms. The molecule has 166 valence electrons. The molecule has 1 saturated heterocycles. The molecule has 3 heterocycles. The van der Waals surface area contributed by atoms with Crippen LogP contribution in [0, 0.1) is 5.82 Å². The lowest BCUT2D eigenvalue weighted by atomic mass is 9.89. The molecule has 1 fully saturated rings. The van der Waals surface area contributed by atoms with Gasteiger partial charge in [0.2, 0.25) is 10.0 Å². The van der Waals surface area contributed by atoms with Gasteiger partial charge in [-0.3, -0.25) is 4.98 Å². The minimum Gasteiger partial charge on any atom is -0.361 e. The molecule has 0 atom stereocenters. The summed E-state index contributed by atoms with van der Waals surface area (Å²) >= 11 is 0. The molecule has 0 bridgehead atoms. The number of likely N-dealkylation sites (tertiary alicyclic amines) is 1. The summed E-state index contributed by atoms with van der Waals surface area (Å²) in [7, 11) is -3.64. The number of nitrogens with one attached hydrogen (secondary N) is 2. The van der Waals surface area contributed by atoms with E-state index in [9.17, 15) is 12.8 Å². The first-order valence-electron chi connectivity index (χ1n) is 10.8. The van der Waals surface area contributed by atoms with Gasteiger partial charge in [0, 0.05) is 41.8 Å². The Kier molecular flexibility index (Phi) is 5.67. The highest BCUT2D eigenvalue weighted by molar-refractivity contribution is 7.89. The van der Waals surface area contributed by atoms with Crippen LogP contribution in [-0.4, -0.2) is 49.5 Å². The molecule has 2 aromatic carbocycles. The van der Waals surface area contributed by atoms with Crippen molar-refractivity contribution in [3.63, 3.8) is 0 Å². The summed E-state index contributed by atoms with van der Waals surface area (Å²) in [5, 5.41) is 1.76. The molecule has 0 amide bonds. The van der Waals surface area contributed by atoms with Gasteiger partial charge in [-0.05, 0) is 67.7 Å². The third kappa shape index (κ3) is 4.13. The normalized spacial score (nSPS) is 16.2. The molecule has 8 heteroatoms. The Morgan fingerprint density at radius 1 is 1.12 bits per heavy atom. The summed E-state index contributed by atoms with van der Waals surface area (Å²) in [5.74, 6) is 0.157. The van der Waals surface area contributed by atoms with Crippen LogP contribution in [0.3, 0.4) is 0 Å². The van der Waals surface area contributed by atoms with Crippen molar-refractivity contribution >= 4 is 31.8 Å². The lowest BCUT2D eigenvalue weighted by Crippen LogP contribution is -2.39. The van der Waals surface area contributed by atoms with Crippen LogP contribution in [0.5, 0.6) is 0 Å². The number of aromatic amines is 1. The monoisotopic (exact) mass is 452 g/mol. The van der Waals surface area contributed by atoms with Crippen molar-refractivity contribution in [2.24, 2.45) is 0 Å². The number of sulfonamides is 1. The summed E-state index contributed by atoms with van der Waals surface area (Å²) in [6.45, 7) is 2.75. The number of hydrogen-bond acceptors (Lipinski definition) is 4. The predicted octanol–water partition coefficient (Wildman–Crippen LogP) is 4.01. The van der Waals surface area contributed by atoms with E-state index in [1.54, 1.807) is 36.5 Å². The van der Waals surface area contributed by atoms with E-state index in [2.05, 4.69) is 19.6 Å². The number of aromatic nitrogens is 2. The van der Waals surface area contributed by atoms with E-state index < -0.39 is 10.0 Å². The van der Waals surface area contributed by atoms with Crippen molar-refractivity contribution in [3.8, 4) is 0 Å². The van der Waals surface area contributed by atoms with E-state index >= 15 is 0 Å². The second kappa shape index (κ2) is 8.61. The molecule has 6 nitrogen and oxygen atoms in total. The van der Waals surface area contributed by atoms with Crippen LogP contribution in [0.1, 0.15) is 24.3 Å². The summed E-state index contributed by atoms with van der Waals surface area (Å²) < 4.78 is 42.1. The van der Waals surface area contributed by atoms with Crippen molar-refractivity contribution < 1.29 is 12.8 Å². The largest absolute Gasteiger partial charge is 0.361 e. The van der Waals surface area contributed by atoms with Crippen LogP contribution in [-0.2, 0) is 10.0 Å². The number of pyridine rings is 1. The minimum atomic E-state index is -3.64. The van der Waals surface area contributed by atoms with Crippen molar-refractivity contribution in [2.45, 2.75) is 23.7 Å². The molecule has 0 unspecified atom stereocenters. The number of rotatable bonds is 6. The van der Waals surface area contributed by atoms with E-state index in [-0.39, 0.29) is 10.7 Å². The molecular formula is C24H25FN4O2S. The summed E-state index contributed by atoms with van der Waals surface area (Å²) in [6, 6.07) is 13.7. The highest BCUT2D eigenvalue weighted by Gasteiger charge is 2.24. The second-order valence-corrected chi connectivity index (χ2v) is 10.0. The van der Waals surface area contributed by atoms with Gasteiger partial charge < -0.3 is 9.88 Å². The van der Waals surface area contributed by atoms with Crippen LogP contribution in [0.25, 0.3) is 21.8 Å². The number of piperidine rings is 1. The average molecular weight is 453 g/mol. The number of fused-ring (bicyclic) bond motifs is 2. The maximum Gasteiger partial charge on any atom is 0.242 e. The lowest BCUT2D eigenvalue weighted by Gasteiger charge is -2.32. The fraction of sp³-hybridized carbons (Fsp3) is 0.292. The number of nitrogens with zero attached hydrogens (tertiary/aromatic N) is 2. The topological polar surface area (TPSA) is 78.1 Å². The van der Waals surface area contributed by atoms with Gasteiger partial charge in [0.15, 0.2) is 0 Å². The number of hydrogen-bond donors (Lipinski definition) is 2. The van der Waals surface area contributed by atoms with Gasteiger partial charge >= 0.3 is 0 Å². The average Bonchev–Trinajstić information content (AvgIpc) is 3.22. The van der Waals surface area contributed by atoms with Gasteiger partial charge in [-0.1, -0.05) is 18.2 Å². The Labute approximate surface area is 186 Å². The van der Waals surface area contributed by atoms with E-state index in [1.165, 1.54) is 11.6 Å². The highest BCUT2D eigenvalue weighted by atomic mass is 32.2. The van der Waals surface area contributed by atoms with E-state index in [1.807, 2.05) is 18.3 Å². The molecule has 2 N–H and O–H groups in total. The van der Waals surface area contributed by atoms with Crippen LogP contribution in [0.2, 0.25) is 0 Å². The molecule has 4 aromatic rings. The SMILES string of the molecule is O=S(=O)(NCCN1CCC(c2c[nH]c3ccc(F)cc23)CC1)c1cccc2cccnc12. The van der Waals surface area contributed by atoms with Crippen LogP contribution < -0.4 is 4.72 Å². The van der Waals surface area contributed by atoms with Crippen molar-refractivity contribution in [3.05, 3.63) is 72.3 Å². The molecule has 5 rings (SSSR count). The molecule has 0 aliphatic carbocycles. The highest BCUT2D eigenvalue weighted by Crippen LogP contribution is 2.33. The van der Waals surface area contributed by atoms with E-state index in [0.717, 1.165) is 42.2 Å². The third-order valence-electron chi connectivity index (χ3n) is 6.31. The molecule has 1 aliphatic heterocycles. The smallest absolute Gasteiger partial charge is 0.242 e. The molecule has 2 aromatic heterocycles. The van der Waals surface area contributed by atoms with Crippen molar-refractivity contribution in [1.82, 2.24) is 19.6 Å². The van der Waals surface area contributed by atoms with Crippen LogP contribution >= 0.6 is 0 Å². The van der Waals surface area contributed by atoms with Gasteiger partial charge in [0.25, 0.3) is 0 Å². The number of para-hydroxylation sites is 1. The van der Waals surface area contributed by atoms with E-state index in [0.29, 0.717) is 24.5 Å². The van der Waals surface area contributed by atoms with Gasteiger partial charge in [-0.2, -0.15) is 0 Å². The first-order valence-corrected chi connectivity index (χ1v) is 12.3. The Balaban J connectivity index is 1.18. The molecule has 1 aliphatic rings. The molecule has 0 saturated carbocycles. The third-order valence-corrected chi connectivity index (χ3v) is 7.80. The van der Waals surface area contributed by atoms with Crippen LogP contribution in [0.4, 0.5) is 4.39 Å². The van der Waals surface area contributed by atoms with Gasteiger partial charge in [-0.25, -0.2) is 17.5 Å². The number of H-pyrrole nitrogens is 1. The predicted molar refractivity (Wildman–Crippen MR) is 124 cm³/mol. The Hall–Kier alpha value is -2.81. The molecule has 0 radical (unpaired) electrons. The first kappa shape index (κ1) is 21.1. The zero-order chi connectivity index (χ0) is 22.1. The van der Waals surface area contributed by atoms with Crippen molar-refractivity contribution in [1.29, 1.82) is 0 Å². The minimum absolute atomic E-state index is 0.209. The zero-order valence-corrected chi connectivity index (χ0v) is 18.4. The zero-order valence-electron chi connectivity index (χ0n) is 17.6. The second-order valence-electron chi connectivity index (χ2n) is 8.28. The quantitative estimate of drug-likeness (QED) is 0.463. The van der Waals surface area contributed by atoms with Gasteiger partial charge in [0.1, 0.15) is 10.7 Å². The first-order chi connectivity index (χ1) is 15.5. The number of halogens is 1. The Morgan fingerprint density at radius 2 is 1.94 bits per heavy atom. The molecular weight excluding hydrogens is 427 g/mol. The number of benzene rings is 2. The summed E-state index contributed by atoms with van der Waals surface area (Å²) in [4.78, 5) is 9.97. The molecule has 32 heavy (non-hydrogen) atoms. The Morgan fingerprint density at radius 3 is 2.78 bits per heavy atom. The van der Waals surface area contributed by atoms with Crippen LogP contribution in [0.15, 0.2) is 65.8 Å². The maximum absolute atomic E-state index is 13.7. The fourth-order valence-corrected chi connectivity index (χ4v) is 5.83. The van der Waals surface area contributed by atoms with E-state index in [4.69, 9.17) is 0 Å². The van der Waals surface area contributed by atoms with Crippen molar-refractivity contribution in [2.75, 3.05) is 26.2 Å². The fourth-order valence-electron chi connectivity index (χ4n) is 4.63. The standard InChI is InChI=1S/C24H25FN4O2S/c25-19-6-7-22-20(15-19)21(16-27-22)17-8-12-29(13-9-17)14-11-28-32(30,31)23-5-1-3-18-4-2-10-26-24(18)23/h1-7,10,15-17,27-28H,8-9,11-14H2. The summed E-state index contributed by atoms with van der Waals surface area (Å²) in [5.41, 5.74) is 2.61.